The van der Waals surface area contributed by atoms with Gasteiger partial charge < -0.3 is 10.6 Å². The zero-order chi connectivity index (χ0) is 20.8. The lowest BCUT2D eigenvalue weighted by Crippen LogP contribution is -2.43. The number of carbonyl (C=O) groups is 2. The van der Waals surface area contributed by atoms with Crippen LogP contribution in [0.3, 0.4) is 0 Å². The van der Waals surface area contributed by atoms with E-state index in [2.05, 4.69) is 10.6 Å². The van der Waals surface area contributed by atoms with Gasteiger partial charge in [0.05, 0.1) is 28.2 Å². The highest BCUT2D eigenvalue weighted by atomic mass is 35.5. The number of hydrogen-bond donors (Lipinski definition) is 2. The van der Waals surface area contributed by atoms with Crippen LogP contribution in [0.5, 0.6) is 0 Å². The molecular weight excluding hydrogens is 384 g/mol. The molecule has 2 aromatic rings. The van der Waals surface area contributed by atoms with Gasteiger partial charge in [0.15, 0.2) is 0 Å². The van der Waals surface area contributed by atoms with E-state index in [0.717, 1.165) is 5.56 Å². The third kappa shape index (κ3) is 5.77. The first-order chi connectivity index (χ1) is 13.2. The van der Waals surface area contributed by atoms with Crippen molar-refractivity contribution in [2.75, 3.05) is 24.2 Å². The van der Waals surface area contributed by atoms with Crippen LogP contribution in [-0.2, 0) is 9.59 Å². The summed E-state index contributed by atoms with van der Waals surface area (Å²) in [5.41, 5.74) is 1.72. The number of halogens is 1. The van der Waals surface area contributed by atoms with Crippen molar-refractivity contribution in [1.82, 2.24) is 4.90 Å². The Hall–Kier alpha value is -2.97. The molecule has 0 fully saturated rings. The van der Waals surface area contributed by atoms with Crippen LogP contribution in [0, 0.1) is 17.0 Å². The van der Waals surface area contributed by atoms with Crippen molar-refractivity contribution in [3.63, 3.8) is 0 Å². The van der Waals surface area contributed by atoms with E-state index in [1.54, 1.807) is 31.0 Å². The summed E-state index contributed by atoms with van der Waals surface area (Å²) < 4.78 is 0. The van der Waals surface area contributed by atoms with Crippen molar-refractivity contribution in [2.45, 2.75) is 19.9 Å². The topological polar surface area (TPSA) is 105 Å². The summed E-state index contributed by atoms with van der Waals surface area (Å²) in [7, 11) is 1.63. The Morgan fingerprint density at radius 1 is 1.18 bits per heavy atom. The van der Waals surface area contributed by atoms with Gasteiger partial charge in [0.1, 0.15) is 0 Å². The number of aryl methyl sites for hydroxylation is 1. The summed E-state index contributed by atoms with van der Waals surface area (Å²) in [6.07, 6.45) is 0. The Balaban J connectivity index is 1.96. The van der Waals surface area contributed by atoms with Crippen molar-refractivity contribution < 1.29 is 14.5 Å². The highest BCUT2D eigenvalue weighted by Crippen LogP contribution is 2.26. The average molecular weight is 405 g/mol. The van der Waals surface area contributed by atoms with Gasteiger partial charge in [0.2, 0.25) is 11.8 Å². The number of non-ortho nitro benzene ring substituents is 1. The summed E-state index contributed by atoms with van der Waals surface area (Å²) in [6, 6.07) is 10.5. The normalized spacial score (nSPS) is 11.8. The molecule has 0 saturated heterocycles. The fourth-order valence-corrected chi connectivity index (χ4v) is 2.53. The third-order valence-corrected chi connectivity index (χ3v) is 4.52. The maximum atomic E-state index is 12.5. The second kappa shape index (κ2) is 9.29. The van der Waals surface area contributed by atoms with Crippen LogP contribution in [0.2, 0.25) is 5.02 Å². The summed E-state index contributed by atoms with van der Waals surface area (Å²) in [5, 5.41) is 16.4. The molecule has 2 rings (SSSR count). The number of amides is 2. The largest absolute Gasteiger partial charge is 0.325 e. The third-order valence-electron chi connectivity index (χ3n) is 4.19. The Morgan fingerprint density at radius 2 is 1.82 bits per heavy atom. The van der Waals surface area contributed by atoms with Crippen LogP contribution in [0.25, 0.3) is 0 Å². The van der Waals surface area contributed by atoms with Crippen LogP contribution in [-0.4, -0.2) is 41.3 Å². The number of anilines is 2. The molecule has 0 aliphatic rings. The van der Waals surface area contributed by atoms with E-state index in [0.29, 0.717) is 5.69 Å². The summed E-state index contributed by atoms with van der Waals surface area (Å²) in [5.74, 6) is -0.701. The van der Waals surface area contributed by atoms with Crippen molar-refractivity contribution in [3.8, 4) is 0 Å². The van der Waals surface area contributed by atoms with E-state index in [9.17, 15) is 19.7 Å². The van der Waals surface area contributed by atoms with Crippen LogP contribution in [0.4, 0.5) is 17.1 Å². The molecule has 8 nitrogen and oxygen atoms in total. The maximum absolute atomic E-state index is 12.5. The first kappa shape index (κ1) is 21.3. The minimum absolute atomic E-state index is 0.00880. The van der Waals surface area contributed by atoms with Crippen LogP contribution in [0.15, 0.2) is 42.5 Å². The highest BCUT2D eigenvalue weighted by Gasteiger charge is 2.22. The predicted molar refractivity (Wildman–Crippen MR) is 109 cm³/mol. The fourth-order valence-electron chi connectivity index (χ4n) is 2.36. The zero-order valence-electron chi connectivity index (χ0n) is 15.7. The van der Waals surface area contributed by atoms with Crippen molar-refractivity contribution in [1.29, 1.82) is 0 Å². The second-order valence-electron chi connectivity index (χ2n) is 6.42. The average Bonchev–Trinajstić information content (AvgIpc) is 2.64. The molecule has 0 aliphatic heterocycles. The minimum atomic E-state index is -0.668. The van der Waals surface area contributed by atoms with Gasteiger partial charge in [-0.1, -0.05) is 29.3 Å². The molecule has 2 amide bonds. The number of carbonyl (C=O) groups excluding carboxylic acids is 2. The number of benzene rings is 2. The molecule has 0 heterocycles. The number of hydrogen-bond acceptors (Lipinski definition) is 5. The van der Waals surface area contributed by atoms with E-state index < -0.39 is 16.9 Å². The standard InChI is InChI=1S/C19H21ClN4O4/c1-12-4-6-14(7-5-12)21-18(25)11-23(3)13(2)19(26)22-17-10-15(24(27)28)8-9-16(17)20/h4-10,13H,11H2,1-3H3,(H,21,25)(H,22,26). The van der Waals surface area contributed by atoms with Gasteiger partial charge in [-0.15, -0.1) is 0 Å². The van der Waals surface area contributed by atoms with Crippen LogP contribution in [0.1, 0.15) is 12.5 Å². The lowest BCUT2D eigenvalue weighted by atomic mass is 10.2. The number of nitrogens with zero attached hydrogens (tertiary/aromatic N) is 2. The fraction of sp³-hybridized carbons (Fsp3) is 0.263. The molecule has 2 aromatic carbocycles. The van der Waals surface area contributed by atoms with Crippen molar-refractivity contribution in [3.05, 3.63) is 63.2 Å². The van der Waals surface area contributed by atoms with Gasteiger partial charge in [0, 0.05) is 17.8 Å². The first-order valence-corrected chi connectivity index (χ1v) is 8.86. The molecule has 0 radical (unpaired) electrons. The van der Waals surface area contributed by atoms with E-state index in [1.165, 1.54) is 18.2 Å². The number of nitro groups is 1. The first-order valence-electron chi connectivity index (χ1n) is 8.49. The quantitative estimate of drug-likeness (QED) is 0.543. The molecule has 148 valence electrons. The van der Waals surface area contributed by atoms with Crippen molar-refractivity contribution in [2.24, 2.45) is 0 Å². The monoisotopic (exact) mass is 404 g/mol. The molecule has 2 N–H and O–H groups in total. The van der Waals surface area contributed by atoms with Gasteiger partial charge in [-0.2, -0.15) is 0 Å². The van der Waals surface area contributed by atoms with E-state index in [1.807, 2.05) is 19.1 Å². The highest BCUT2D eigenvalue weighted by molar-refractivity contribution is 6.33. The molecular formula is C19H21ClN4O4. The van der Waals surface area contributed by atoms with Crippen LogP contribution < -0.4 is 10.6 Å². The Kier molecular flexibility index (Phi) is 7.08. The van der Waals surface area contributed by atoms with E-state index in [4.69, 9.17) is 11.6 Å². The predicted octanol–water partition coefficient (Wildman–Crippen LogP) is 3.45. The van der Waals surface area contributed by atoms with Crippen LogP contribution >= 0.6 is 11.6 Å². The number of nitro benzene ring substituents is 1. The molecule has 0 saturated carbocycles. The van der Waals surface area contributed by atoms with Gasteiger partial charge in [0.25, 0.3) is 5.69 Å². The lowest BCUT2D eigenvalue weighted by molar-refractivity contribution is -0.384. The summed E-state index contributed by atoms with van der Waals surface area (Å²) in [4.78, 5) is 36.5. The second-order valence-corrected chi connectivity index (χ2v) is 6.82. The SMILES string of the molecule is Cc1ccc(NC(=O)CN(C)C(C)C(=O)Nc2cc([N+](=O)[O-])ccc2Cl)cc1. The molecule has 28 heavy (non-hydrogen) atoms. The van der Waals surface area contributed by atoms with Gasteiger partial charge in [-0.3, -0.25) is 24.6 Å². The van der Waals surface area contributed by atoms with Gasteiger partial charge >= 0.3 is 0 Å². The minimum Gasteiger partial charge on any atom is -0.325 e. The Labute approximate surface area is 167 Å². The molecule has 9 heteroatoms. The van der Waals surface area contributed by atoms with E-state index >= 15 is 0 Å². The number of likely N-dealkylation sites (N-methyl/N-ethyl adjacent to an activating group) is 1. The molecule has 0 spiro atoms. The zero-order valence-corrected chi connectivity index (χ0v) is 16.5. The number of nitrogens with one attached hydrogen (secondary N) is 2. The number of rotatable bonds is 7. The molecule has 0 aromatic heterocycles. The molecule has 1 unspecified atom stereocenters. The molecule has 1 atom stereocenters. The lowest BCUT2D eigenvalue weighted by Gasteiger charge is -2.23. The Morgan fingerprint density at radius 3 is 2.43 bits per heavy atom. The summed E-state index contributed by atoms with van der Waals surface area (Å²) >= 11 is 6.00. The summed E-state index contributed by atoms with van der Waals surface area (Å²) in [6.45, 7) is 3.57. The van der Waals surface area contributed by atoms with Gasteiger partial charge in [-0.05, 0) is 39.1 Å². The van der Waals surface area contributed by atoms with Gasteiger partial charge in [-0.25, -0.2) is 0 Å². The Bertz CT molecular complexity index is 886. The van der Waals surface area contributed by atoms with Crippen molar-refractivity contribution >= 4 is 40.5 Å². The smallest absolute Gasteiger partial charge is 0.271 e. The van der Waals surface area contributed by atoms with E-state index in [-0.39, 0.29) is 28.8 Å². The maximum Gasteiger partial charge on any atom is 0.271 e. The molecule has 0 aliphatic carbocycles. The molecule has 0 bridgehead atoms.